The quantitative estimate of drug-likeness (QED) is 0.493. The zero-order chi connectivity index (χ0) is 24.8. The van der Waals surface area contributed by atoms with Crippen LogP contribution in [0.4, 0.5) is 0 Å². The van der Waals surface area contributed by atoms with E-state index < -0.39 is 6.04 Å². The monoisotopic (exact) mass is 477 g/mol. The standard InChI is InChI=1S/C28H35N3O4/c1-3-35-24-11-9-23(10-12-24)27(30-15-13-29(14-16-30)17-18-32)26-25(33)19-21(2)31(28(26)34)20-22-7-5-4-6-8-22/h4-12,19,27,32-33H,3,13-18,20H2,1-2H3/t27-/m1/s1. The van der Waals surface area contributed by atoms with Crippen molar-refractivity contribution in [2.45, 2.75) is 26.4 Å². The maximum Gasteiger partial charge on any atom is 0.259 e. The van der Waals surface area contributed by atoms with Crippen LogP contribution < -0.4 is 10.3 Å². The van der Waals surface area contributed by atoms with Gasteiger partial charge in [-0.15, -0.1) is 0 Å². The summed E-state index contributed by atoms with van der Waals surface area (Å²) < 4.78 is 7.37. The fourth-order valence-corrected chi connectivity index (χ4v) is 4.85. The third-order valence-electron chi connectivity index (χ3n) is 6.67. The molecule has 7 nitrogen and oxygen atoms in total. The summed E-state index contributed by atoms with van der Waals surface area (Å²) >= 11 is 0. The topological polar surface area (TPSA) is 78.2 Å². The lowest BCUT2D eigenvalue weighted by molar-refractivity contribution is 0.0932. The van der Waals surface area contributed by atoms with Crippen molar-refractivity contribution >= 4 is 0 Å². The van der Waals surface area contributed by atoms with E-state index in [9.17, 15) is 15.0 Å². The number of piperazine rings is 1. The van der Waals surface area contributed by atoms with E-state index in [1.807, 2.05) is 68.4 Å². The number of rotatable bonds is 9. The zero-order valence-corrected chi connectivity index (χ0v) is 20.6. The molecule has 0 saturated carbocycles. The van der Waals surface area contributed by atoms with Crippen LogP contribution in [0.3, 0.4) is 0 Å². The van der Waals surface area contributed by atoms with Gasteiger partial charge in [0.2, 0.25) is 0 Å². The van der Waals surface area contributed by atoms with Gasteiger partial charge in [-0.1, -0.05) is 42.5 Å². The molecule has 2 heterocycles. The van der Waals surface area contributed by atoms with Gasteiger partial charge in [0.15, 0.2) is 0 Å². The molecule has 0 aliphatic carbocycles. The number of hydrogen-bond donors (Lipinski definition) is 2. The first kappa shape index (κ1) is 25.0. The predicted molar refractivity (Wildman–Crippen MR) is 137 cm³/mol. The first-order chi connectivity index (χ1) is 17.0. The molecule has 3 aromatic rings. The SMILES string of the molecule is CCOc1ccc([C@H](c2c(O)cc(C)n(Cc3ccccc3)c2=O)N2CCN(CCO)CC2)cc1. The fraction of sp³-hybridized carbons (Fsp3) is 0.393. The highest BCUT2D eigenvalue weighted by Gasteiger charge is 2.31. The van der Waals surface area contributed by atoms with Crippen LogP contribution in [0.15, 0.2) is 65.5 Å². The molecule has 1 aromatic heterocycles. The average molecular weight is 478 g/mol. The van der Waals surface area contributed by atoms with E-state index in [-0.39, 0.29) is 17.9 Å². The molecule has 1 aliphatic rings. The number of aliphatic hydroxyl groups is 1. The van der Waals surface area contributed by atoms with Crippen LogP contribution in [-0.2, 0) is 6.54 Å². The summed E-state index contributed by atoms with van der Waals surface area (Å²) in [5, 5.41) is 20.4. The number of aliphatic hydroxyl groups excluding tert-OH is 1. The molecule has 0 amide bonds. The Morgan fingerprint density at radius 1 is 1.00 bits per heavy atom. The molecule has 1 saturated heterocycles. The molecule has 1 aliphatic heterocycles. The first-order valence-corrected chi connectivity index (χ1v) is 12.3. The first-order valence-electron chi connectivity index (χ1n) is 12.3. The van der Waals surface area contributed by atoms with E-state index in [2.05, 4.69) is 9.80 Å². The summed E-state index contributed by atoms with van der Waals surface area (Å²) in [6.45, 7) is 8.63. The highest BCUT2D eigenvalue weighted by atomic mass is 16.5. The fourth-order valence-electron chi connectivity index (χ4n) is 4.85. The number of pyridine rings is 1. The number of aromatic hydroxyl groups is 1. The molecular weight excluding hydrogens is 442 g/mol. The van der Waals surface area contributed by atoms with Crippen LogP contribution in [0.2, 0.25) is 0 Å². The molecule has 186 valence electrons. The van der Waals surface area contributed by atoms with Crippen molar-refractivity contribution in [1.82, 2.24) is 14.4 Å². The lowest BCUT2D eigenvalue weighted by atomic mass is 9.95. The van der Waals surface area contributed by atoms with Crippen LogP contribution in [0.5, 0.6) is 11.5 Å². The minimum absolute atomic E-state index is 0.0217. The second kappa shape index (κ2) is 11.5. The van der Waals surface area contributed by atoms with Crippen molar-refractivity contribution in [3.05, 3.63) is 93.4 Å². The van der Waals surface area contributed by atoms with Crippen LogP contribution >= 0.6 is 0 Å². The number of benzene rings is 2. The minimum atomic E-state index is -0.392. The predicted octanol–water partition coefficient (Wildman–Crippen LogP) is 3.01. The lowest BCUT2D eigenvalue weighted by Gasteiger charge is -2.39. The van der Waals surface area contributed by atoms with Gasteiger partial charge in [0, 0.05) is 38.4 Å². The second-order valence-electron chi connectivity index (χ2n) is 8.97. The molecule has 0 spiro atoms. The van der Waals surface area contributed by atoms with Gasteiger partial charge in [0.05, 0.1) is 31.4 Å². The Labute approximate surface area is 206 Å². The van der Waals surface area contributed by atoms with Crippen molar-refractivity contribution in [2.75, 3.05) is 45.9 Å². The Morgan fingerprint density at radius 3 is 2.31 bits per heavy atom. The molecule has 1 fully saturated rings. The lowest BCUT2D eigenvalue weighted by Crippen LogP contribution is -2.49. The molecule has 35 heavy (non-hydrogen) atoms. The molecule has 7 heteroatoms. The van der Waals surface area contributed by atoms with Gasteiger partial charge in [-0.2, -0.15) is 0 Å². The number of aryl methyl sites for hydroxylation is 1. The minimum Gasteiger partial charge on any atom is -0.507 e. The van der Waals surface area contributed by atoms with Gasteiger partial charge in [0.25, 0.3) is 5.56 Å². The maximum absolute atomic E-state index is 13.9. The van der Waals surface area contributed by atoms with E-state index in [0.29, 0.717) is 25.3 Å². The van der Waals surface area contributed by atoms with Gasteiger partial charge in [-0.05, 0) is 43.2 Å². The summed E-state index contributed by atoms with van der Waals surface area (Å²) in [7, 11) is 0. The van der Waals surface area contributed by atoms with Crippen LogP contribution in [0, 0.1) is 6.92 Å². The van der Waals surface area contributed by atoms with E-state index in [1.54, 1.807) is 10.6 Å². The van der Waals surface area contributed by atoms with Gasteiger partial charge >= 0.3 is 0 Å². The summed E-state index contributed by atoms with van der Waals surface area (Å²) in [4.78, 5) is 18.4. The third-order valence-corrected chi connectivity index (χ3v) is 6.67. The van der Waals surface area contributed by atoms with Gasteiger partial charge < -0.3 is 19.5 Å². The molecular formula is C28H35N3O4. The molecule has 4 rings (SSSR count). The van der Waals surface area contributed by atoms with E-state index in [1.165, 1.54) is 0 Å². The smallest absolute Gasteiger partial charge is 0.259 e. The van der Waals surface area contributed by atoms with Gasteiger partial charge in [0.1, 0.15) is 11.5 Å². The molecule has 2 N–H and O–H groups in total. The summed E-state index contributed by atoms with van der Waals surface area (Å²) in [5.41, 5.74) is 2.91. The summed E-state index contributed by atoms with van der Waals surface area (Å²) in [6, 6.07) is 19.0. The summed E-state index contributed by atoms with van der Waals surface area (Å²) in [5.74, 6) is 0.797. The van der Waals surface area contributed by atoms with Crippen LogP contribution in [-0.4, -0.2) is 70.5 Å². The van der Waals surface area contributed by atoms with Gasteiger partial charge in [-0.25, -0.2) is 0 Å². The molecule has 2 aromatic carbocycles. The Balaban J connectivity index is 1.76. The number of β-amino-alcohol motifs (C(OH)–C–C–N with tert-alkyl or cyclic N) is 1. The van der Waals surface area contributed by atoms with Crippen LogP contribution in [0.25, 0.3) is 0 Å². The van der Waals surface area contributed by atoms with Gasteiger partial charge in [-0.3, -0.25) is 14.6 Å². The number of hydrogen-bond acceptors (Lipinski definition) is 6. The Bertz CT molecular complexity index is 1150. The average Bonchev–Trinajstić information content (AvgIpc) is 2.87. The second-order valence-corrected chi connectivity index (χ2v) is 8.97. The number of nitrogens with zero attached hydrogens (tertiary/aromatic N) is 3. The molecule has 1 atom stereocenters. The zero-order valence-electron chi connectivity index (χ0n) is 20.6. The Hall–Kier alpha value is -3.13. The normalized spacial score (nSPS) is 15.7. The largest absolute Gasteiger partial charge is 0.507 e. The van der Waals surface area contributed by atoms with Crippen molar-refractivity contribution in [2.24, 2.45) is 0 Å². The molecule has 0 radical (unpaired) electrons. The number of ether oxygens (including phenoxy) is 1. The van der Waals surface area contributed by atoms with Crippen LogP contribution in [0.1, 0.15) is 35.3 Å². The number of aromatic nitrogens is 1. The third kappa shape index (κ3) is 5.75. The van der Waals surface area contributed by atoms with Crippen molar-refractivity contribution in [1.29, 1.82) is 0 Å². The highest BCUT2D eigenvalue weighted by Crippen LogP contribution is 2.34. The Morgan fingerprint density at radius 2 is 1.69 bits per heavy atom. The van der Waals surface area contributed by atoms with E-state index in [4.69, 9.17) is 4.74 Å². The molecule has 0 unspecified atom stereocenters. The van der Waals surface area contributed by atoms with Crippen molar-refractivity contribution in [3.8, 4) is 11.5 Å². The Kier molecular flexibility index (Phi) is 8.23. The van der Waals surface area contributed by atoms with Crippen molar-refractivity contribution in [3.63, 3.8) is 0 Å². The highest BCUT2D eigenvalue weighted by molar-refractivity contribution is 5.42. The maximum atomic E-state index is 13.9. The van der Waals surface area contributed by atoms with E-state index in [0.717, 1.165) is 48.7 Å². The van der Waals surface area contributed by atoms with E-state index >= 15 is 0 Å². The molecule has 0 bridgehead atoms. The van der Waals surface area contributed by atoms with Crippen molar-refractivity contribution < 1.29 is 14.9 Å². The summed E-state index contributed by atoms with van der Waals surface area (Å²) in [6.07, 6.45) is 0.